The molecular formula is C24H56N6O. The highest BCUT2D eigenvalue weighted by atomic mass is 16.3. The largest absolute Gasteiger partial charge is 0.396 e. The van der Waals surface area contributed by atoms with E-state index in [1.807, 2.05) is 0 Å². The minimum atomic E-state index is 0.253. The Morgan fingerprint density at radius 1 is 0.452 bits per heavy atom. The molecule has 0 amide bonds. The Morgan fingerprint density at radius 2 is 0.742 bits per heavy atom. The maximum absolute atomic E-state index is 9.57. The smallest absolute Gasteiger partial charge is 0.0483 e. The van der Waals surface area contributed by atoms with Crippen LogP contribution in [0.15, 0.2) is 0 Å². The first-order chi connectivity index (χ1) is 15.3. The molecule has 0 saturated carbocycles. The second-order valence-electron chi connectivity index (χ2n) is 8.49. The Bertz CT molecular complexity index is 294. The van der Waals surface area contributed by atoms with Gasteiger partial charge in [-0.25, -0.2) is 0 Å². The van der Waals surface area contributed by atoms with Crippen molar-refractivity contribution in [2.24, 2.45) is 5.92 Å². The van der Waals surface area contributed by atoms with Crippen LogP contribution in [0.5, 0.6) is 0 Å². The third-order valence-electron chi connectivity index (χ3n) is 5.45. The molecule has 188 valence electrons. The van der Waals surface area contributed by atoms with Gasteiger partial charge in [-0.15, -0.1) is 0 Å². The summed E-state index contributed by atoms with van der Waals surface area (Å²) in [5.74, 6) is 0.310. The van der Waals surface area contributed by atoms with E-state index in [0.717, 1.165) is 78.5 Å². The molecule has 31 heavy (non-hydrogen) atoms. The van der Waals surface area contributed by atoms with Crippen LogP contribution in [-0.4, -0.2) is 90.3 Å². The van der Waals surface area contributed by atoms with E-state index in [2.05, 4.69) is 45.7 Å². The monoisotopic (exact) mass is 444 g/mol. The van der Waals surface area contributed by atoms with Gasteiger partial charge in [0.25, 0.3) is 0 Å². The lowest BCUT2D eigenvalue weighted by molar-refractivity contribution is 0.218. The number of hydrogen-bond acceptors (Lipinski definition) is 7. The quantitative estimate of drug-likeness (QED) is 0.0961. The molecule has 0 aromatic carbocycles. The van der Waals surface area contributed by atoms with Gasteiger partial charge < -0.3 is 37.0 Å². The van der Waals surface area contributed by atoms with E-state index in [4.69, 9.17) is 0 Å². The second kappa shape index (κ2) is 27.8. The first kappa shape index (κ1) is 30.7. The predicted molar refractivity (Wildman–Crippen MR) is 136 cm³/mol. The van der Waals surface area contributed by atoms with Gasteiger partial charge in [-0.05, 0) is 117 Å². The van der Waals surface area contributed by atoms with Gasteiger partial charge in [-0.2, -0.15) is 0 Å². The van der Waals surface area contributed by atoms with Crippen molar-refractivity contribution in [2.75, 3.05) is 85.1 Å². The molecule has 0 fully saturated rings. The van der Waals surface area contributed by atoms with Gasteiger partial charge in [0.15, 0.2) is 0 Å². The molecule has 0 aliphatic heterocycles. The number of aliphatic hydroxyl groups is 1. The Labute approximate surface area is 193 Å². The molecular weight excluding hydrogens is 388 g/mol. The highest BCUT2D eigenvalue weighted by molar-refractivity contribution is 4.65. The molecule has 0 aliphatic carbocycles. The minimum Gasteiger partial charge on any atom is -0.396 e. The molecule has 0 unspecified atom stereocenters. The van der Waals surface area contributed by atoms with Crippen molar-refractivity contribution in [3.05, 3.63) is 0 Å². The van der Waals surface area contributed by atoms with E-state index in [-0.39, 0.29) is 6.61 Å². The highest BCUT2D eigenvalue weighted by Crippen LogP contribution is 1.94. The molecule has 0 rings (SSSR count). The standard InChI is InChI=1S/C24H56N6O/c1-3-25-13-5-7-15-27-17-9-11-19-29-21-24(23-31)22-30-20-12-10-18-28-16-8-6-14-26-4-2/h24-31H,3-23H2,1-2H3. The number of rotatable bonds is 27. The van der Waals surface area contributed by atoms with E-state index >= 15 is 0 Å². The van der Waals surface area contributed by atoms with Crippen LogP contribution >= 0.6 is 0 Å². The van der Waals surface area contributed by atoms with Crippen molar-refractivity contribution in [2.45, 2.75) is 65.2 Å². The summed E-state index contributed by atoms with van der Waals surface area (Å²) in [6.07, 6.45) is 9.84. The van der Waals surface area contributed by atoms with Crippen LogP contribution < -0.4 is 31.9 Å². The Morgan fingerprint density at radius 3 is 1.03 bits per heavy atom. The summed E-state index contributed by atoms with van der Waals surface area (Å²) in [6.45, 7) is 17.3. The average Bonchev–Trinajstić information content (AvgIpc) is 2.79. The normalized spacial score (nSPS) is 11.6. The van der Waals surface area contributed by atoms with Gasteiger partial charge in [0.1, 0.15) is 0 Å². The Balaban J connectivity index is 3.26. The van der Waals surface area contributed by atoms with Crippen LogP contribution in [-0.2, 0) is 0 Å². The summed E-state index contributed by atoms with van der Waals surface area (Å²) in [5, 5.41) is 30.4. The summed E-state index contributed by atoms with van der Waals surface area (Å²) in [4.78, 5) is 0. The first-order valence-corrected chi connectivity index (χ1v) is 13.2. The summed E-state index contributed by atoms with van der Waals surface area (Å²) < 4.78 is 0. The summed E-state index contributed by atoms with van der Waals surface area (Å²) >= 11 is 0. The van der Waals surface area contributed by atoms with Gasteiger partial charge in [-0.3, -0.25) is 0 Å². The van der Waals surface area contributed by atoms with Gasteiger partial charge in [-0.1, -0.05) is 13.8 Å². The maximum Gasteiger partial charge on any atom is 0.0483 e. The lowest BCUT2D eigenvalue weighted by Crippen LogP contribution is -2.34. The SMILES string of the molecule is CCNCCCCNCCCCNCC(CO)CNCCCCNCCCCNCC. The van der Waals surface area contributed by atoms with Gasteiger partial charge in [0, 0.05) is 25.6 Å². The van der Waals surface area contributed by atoms with E-state index in [9.17, 15) is 5.11 Å². The Kier molecular flexibility index (Phi) is 27.5. The zero-order chi connectivity index (χ0) is 22.7. The van der Waals surface area contributed by atoms with Gasteiger partial charge >= 0.3 is 0 Å². The molecule has 0 heterocycles. The zero-order valence-corrected chi connectivity index (χ0v) is 20.9. The molecule has 0 radical (unpaired) electrons. The third-order valence-corrected chi connectivity index (χ3v) is 5.45. The molecule has 7 N–H and O–H groups in total. The van der Waals surface area contributed by atoms with E-state index in [1.54, 1.807) is 0 Å². The van der Waals surface area contributed by atoms with E-state index in [1.165, 1.54) is 51.4 Å². The zero-order valence-electron chi connectivity index (χ0n) is 20.9. The van der Waals surface area contributed by atoms with Crippen LogP contribution in [0.1, 0.15) is 65.2 Å². The molecule has 0 aliphatic rings. The van der Waals surface area contributed by atoms with Crippen molar-refractivity contribution in [3.8, 4) is 0 Å². The third kappa shape index (κ3) is 25.9. The fourth-order valence-electron chi connectivity index (χ4n) is 3.42. The molecule has 7 heteroatoms. The molecule has 0 aromatic rings. The van der Waals surface area contributed by atoms with Crippen LogP contribution in [0.3, 0.4) is 0 Å². The summed E-state index contributed by atoms with van der Waals surface area (Å²) in [5.41, 5.74) is 0. The summed E-state index contributed by atoms with van der Waals surface area (Å²) in [6, 6.07) is 0. The van der Waals surface area contributed by atoms with Crippen molar-refractivity contribution < 1.29 is 5.11 Å². The molecule has 0 spiro atoms. The van der Waals surface area contributed by atoms with E-state index < -0.39 is 0 Å². The van der Waals surface area contributed by atoms with Gasteiger partial charge in [0.05, 0.1) is 0 Å². The lowest BCUT2D eigenvalue weighted by Gasteiger charge is -2.16. The maximum atomic E-state index is 9.57. The van der Waals surface area contributed by atoms with Crippen LogP contribution in [0, 0.1) is 5.92 Å². The first-order valence-electron chi connectivity index (χ1n) is 13.2. The molecule has 0 atom stereocenters. The molecule has 0 saturated heterocycles. The summed E-state index contributed by atoms with van der Waals surface area (Å²) in [7, 11) is 0. The van der Waals surface area contributed by atoms with Gasteiger partial charge in [0.2, 0.25) is 0 Å². The highest BCUT2D eigenvalue weighted by Gasteiger charge is 2.06. The second-order valence-corrected chi connectivity index (χ2v) is 8.49. The molecule has 0 bridgehead atoms. The molecule has 7 nitrogen and oxygen atoms in total. The average molecular weight is 445 g/mol. The molecule has 0 aromatic heterocycles. The number of hydrogen-bond donors (Lipinski definition) is 7. The van der Waals surface area contributed by atoms with E-state index in [0.29, 0.717) is 5.92 Å². The van der Waals surface area contributed by atoms with Crippen molar-refractivity contribution in [1.82, 2.24) is 31.9 Å². The number of unbranched alkanes of at least 4 members (excludes halogenated alkanes) is 4. The fraction of sp³-hybridized carbons (Fsp3) is 1.00. The van der Waals surface area contributed by atoms with Crippen LogP contribution in [0.2, 0.25) is 0 Å². The van der Waals surface area contributed by atoms with Crippen molar-refractivity contribution in [1.29, 1.82) is 0 Å². The lowest BCUT2D eigenvalue weighted by atomic mass is 10.1. The van der Waals surface area contributed by atoms with Crippen LogP contribution in [0.4, 0.5) is 0 Å². The van der Waals surface area contributed by atoms with Crippen molar-refractivity contribution in [3.63, 3.8) is 0 Å². The number of nitrogens with one attached hydrogen (secondary N) is 6. The van der Waals surface area contributed by atoms with Crippen molar-refractivity contribution >= 4 is 0 Å². The fourth-order valence-corrected chi connectivity index (χ4v) is 3.42. The van der Waals surface area contributed by atoms with Crippen LogP contribution in [0.25, 0.3) is 0 Å². The number of aliphatic hydroxyl groups excluding tert-OH is 1. The Hall–Kier alpha value is -0.280. The predicted octanol–water partition coefficient (Wildman–Crippen LogP) is 1.29. The minimum absolute atomic E-state index is 0.253. The topological polar surface area (TPSA) is 92.4 Å².